The lowest BCUT2D eigenvalue weighted by atomic mass is 10.5. The number of nitrogens with one attached hydrogen (secondary N) is 1. The number of thioether (sulfide) groups is 1. The number of hydrogen-bond donors (Lipinski definition) is 1. The summed E-state index contributed by atoms with van der Waals surface area (Å²) in [5.41, 5.74) is 0. The Bertz CT molecular complexity index is 262. The monoisotopic (exact) mass is 290 g/mol. The second-order valence-electron chi connectivity index (χ2n) is 2.73. The van der Waals surface area contributed by atoms with Gasteiger partial charge in [0.1, 0.15) is 10.8 Å². The first-order valence-electron chi connectivity index (χ1n) is 3.86. The molecule has 1 N–H and O–H groups in total. The Kier molecular flexibility index (Phi) is 6.53. The van der Waals surface area contributed by atoms with E-state index in [0.29, 0.717) is 11.8 Å². The zero-order valence-corrected chi connectivity index (χ0v) is 11.0. The average molecular weight is 292 g/mol. The highest BCUT2D eigenvalue weighted by atomic mass is 35.6. The van der Waals surface area contributed by atoms with Gasteiger partial charge in [0.25, 0.3) is 0 Å². The van der Waals surface area contributed by atoms with Gasteiger partial charge in [-0.1, -0.05) is 34.8 Å². The van der Waals surface area contributed by atoms with Gasteiger partial charge in [-0.05, 0) is 25.6 Å². The Labute approximate surface area is 107 Å². The van der Waals surface area contributed by atoms with E-state index in [4.69, 9.17) is 44.8 Å². The number of ether oxygens (including phenoxy) is 1. The molecule has 0 saturated heterocycles. The SMILES string of the molecule is CC(C)OC(=O)N[C@H](SC#N)C(Cl)(Cl)Cl. The molecular weight excluding hydrogens is 283 g/mol. The van der Waals surface area contributed by atoms with Crippen molar-refractivity contribution in [2.24, 2.45) is 0 Å². The molecule has 0 heterocycles. The minimum absolute atomic E-state index is 0.284. The number of thiocyanates is 1. The Balaban J connectivity index is 4.31. The first-order valence-corrected chi connectivity index (χ1v) is 5.87. The number of rotatable bonds is 3. The van der Waals surface area contributed by atoms with Gasteiger partial charge in [0.05, 0.1) is 6.10 Å². The van der Waals surface area contributed by atoms with Crippen LogP contribution in [-0.4, -0.2) is 21.4 Å². The molecule has 0 fully saturated rings. The van der Waals surface area contributed by atoms with Crippen LogP contribution in [0.15, 0.2) is 0 Å². The van der Waals surface area contributed by atoms with Crippen LogP contribution in [0, 0.1) is 10.7 Å². The summed E-state index contributed by atoms with van der Waals surface area (Å²) < 4.78 is 3.01. The fraction of sp³-hybridized carbons (Fsp3) is 0.714. The average Bonchev–Trinajstić information content (AvgIpc) is 2.00. The molecule has 0 aromatic rings. The third-order valence-corrected chi connectivity index (χ3v) is 2.91. The third-order valence-electron chi connectivity index (χ3n) is 1.06. The van der Waals surface area contributed by atoms with Crippen LogP contribution >= 0.6 is 46.6 Å². The minimum atomic E-state index is -1.77. The van der Waals surface area contributed by atoms with E-state index >= 15 is 0 Å². The van der Waals surface area contributed by atoms with Gasteiger partial charge in [0.15, 0.2) is 0 Å². The second-order valence-corrected chi connectivity index (χ2v) is 5.99. The van der Waals surface area contributed by atoms with Crippen molar-refractivity contribution in [1.82, 2.24) is 5.32 Å². The van der Waals surface area contributed by atoms with Gasteiger partial charge in [-0.15, -0.1) is 0 Å². The fourth-order valence-corrected chi connectivity index (χ4v) is 1.54. The van der Waals surface area contributed by atoms with Crippen LogP contribution < -0.4 is 5.32 Å². The maximum absolute atomic E-state index is 11.2. The third kappa shape index (κ3) is 6.96. The Morgan fingerprint density at radius 1 is 1.53 bits per heavy atom. The first kappa shape index (κ1) is 15.0. The van der Waals surface area contributed by atoms with Crippen molar-refractivity contribution in [1.29, 1.82) is 5.26 Å². The molecule has 0 aliphatic carbocycles. The van der Waals surface area contributed by atoms with E-state index in [2.05, 4.69) is 5.32 Å². The van der Waals surface area contributed by atoms with Crippen molar-refractivity contribution < 1.29 is 9.53 Å². The number of carbonyl (C=O) groups is 1. The predicted octanol–water partition coefficient (Wildman–Crippen LogP) is 3.03. The van der Waals surface area contributed by atoms with Gasteiger partial charge in [-0.2, -0.15) is 5.26 Å². The smallest absolute Gasteiger partial charge is 0.408 e. The van der Waals surface area contributed by atoms with E-state index < -0.39 is 15.3 Å². The van der Waals surface area contributed by atoms with Crippen molar-refractivity contribution in [3.8, 4) is 5.40 Å². The molecule has 0 bridgehead atoms. The summed E-state index contributed by atoms with van der Waals surface area (Å²) in [7, 11) is 0. The Hall–Kier alpha value is -0.0200. The molecule has 15 heavy (non-hydrogen) atoms. The van der Waals surface area contributed by atoms with Crippen LogP contribution in [0.3, 0.4) is 0 Å². The molecule has 86 valence electrons. The van der Waals surface area contributed by atoms with Gasteiger partial charge in [-0.3, -0.25) is 0 Å². The number of alkyl halides is 3. The summed E-state index contributed by atoms with van der Waals surface area (Å²) in [6.07, 6.45) is -1.02. The van der Waals surface area contributed by atoms with Gasteiger partial charge >= 0.3 is 6.09 Å². The topological polar surface area (TPSA) is 62.1 Å². The molecule has 1 atom stereocenters. The Morgan fingerprint density at radius 2 is 2.07 bits per heavy atom. The minimum Gasteiger partial charge on any atom is -0.447 e. The van der Waals surface area contributed by atoms with E-state index in [1.54, 1.807) is 19.2 Å². The number of nitrogens with zero attached hydrogens (tertiary/aromatic N) is 1. The van der Waals surface area contributed by atoms with Gasteiger partial charge < -0.3 is 10.1 Å². The van der Waals surface area contributed by atoms with E-state index in [-0.39, 0.29) is 6.10 Å². The lowest BCUT2D eigenvalue weighted by Gasteiger charge is -2.22. The van der Waals surface area contributed by atoms with E-state index in [1.807, 2.05) is 0 Å². The highest BCUT2D eigenvalue weighted by Crippen LogP contribution is 2.35. The zero-order valence-electron chi connectivity index (χ0n) is 7.96. The zero-order chi connectivity index (χ0) is 12.1. The number of amides is 1. The highest BCUT2D eigenvalue weighted by Gasteiger charge is 2.35. The molecule has 0 aromatic heterocycles. The van der Waals surface area contributed by atoms with Crippen LogP contribution in [0.5, 0.6) is 0 Å². The van der Waals surface area contributed by atoms with E-state index in [9.17, 15) is 4.79 Å². The molecule has 8 heteroatoms. The summed E-state index contributed by atoms with van der Waals surface area (Å²) in [4.78, 5) is 11.2. The summed E-state index contributed by atoms with van der Waals surface area (Å²) in [6, 6.07) is 0. The summed E-state index contributed by atoms with van der Waals surface area (Å²) in [5, 5.41) is 11.5. The quantitative estimate of drug-likeness (QED) is 0.493. The molecule has 0 radical (unpaired) electrons. The number of hydrogen-bond acceptors (Lipinski definition) is 4. The molecular formula is C7H9Cl3N2O2S. The summed E-state index contributed by atoms with van der Waals surface area (Å²) in [5.74, 6) is 0. The maximum Gasteiger partial charge on any atom is 0.408 e. The van der Waals surface area contributed by atoms with E-state index in [0.717, 1.165) is 0 Å². The van der Waals surface area contributed by atoms with Crippen molar-refractivity contribution in [3.05, 3.63) is 0 Å². The number of carbonyl (C=O) groups excluding carboxylic acids is 1. The van der Waals surface area contributed by atoms with Crippen molar-refractivity contribution >= 4 is 52.7 Å². The van der Waals surface area contributed by atoms with Crippen molar-refractivity contribution in [3.63, 3.8) is 0 Å². The van der Waals surface area contributed by atoms with Crippen LogP contribution in [0.25, 0.3) is 0 Å². The summed E-state index contributed by atoms with van der Waals surface area (Å²) in [6.45, 7) is 3.36. The lowest BCUT2D eigenvalue weighted by molar-refractivity contribution is 0.115. The number of alkyl carbamates (subject to hydrolysis) is 1. The van der Waals surface area contributed by atoms with Crippen LogP contribution in [0.2, 0.25) is 0 Å². The molecule has 0 aliphatic rings. The van der Waals surface area contributed by atoms with Crippen molar-refractivity contribution in [2.45, 2.75) is 29.1 Å². The van der Waals surface area contributed by atoms with Crippen molar-refractivity contribution in [2.75, 3.05) is 0 Å². The van der Waals surface area contributed by atoms with Crippen LogP contribution in [0.1, 0.15) is 13.8 Å². The van der Waals surface area contributed by atoms with Crippen LogP contribution in [-0.2, 0) is 4.74 Å². The molecule has 0 aromatic carbocycles. The van der Waals surface area contributed by atoms with Gasteiger partial charge in [-0.25, -0.2) is 4.79 Å². The lowest BCUT2D eigenvalue weighted by Crippen LogP contribution is -2.42. The fourth-order valence-electron chi connectivity index (χ4n) is 0.586. The Morgan fingerprint density at radius 3 is 2.40 bits per heavy atom. The molecule has 0 spiro atoms. The van der Waals surface area contributed by atoms with Gasteiger partial charge in [0, 0.05) is 0 Å². The van der Waals surface area contributed by atoms with E-state index in [1.165, 1.54) is 0 Å². The number of nitriles is 1. The molecule has 1 amide bonds. The normalized spacial score (nSPS) is 13.1. The standard InChI is InChI=1S/C7H9Cl3N2O2S/c1-4(2)14-6(13)12-5(15-3-11)7(8,9)10/h4-5H,1-2H3,(H,12,13)/t5-/m1/s1. The summed E-state index contributed by atoms with van der Waals surface area (Å²) >= 11 is 17.3. The predicted molar refractivity (Wildman–Crippen MR) is 62.0 cm³/mol. The van der Waals surface area contributed by atoms with Crippen LogP contribution in [0.4, 0.5) is 4.79 Å². The second kappa shape index (κ2) is 6.54. The highest BCUT2D eigenvalue weighted by molar-refractivity contribution is 8.04. The molecule has 0 aliphatic heterocycles. The maximum atomic E-state index is 11.2. The molecule has 0 rings (SSSR count). The molecule has 0 saturated carbocycles. The van der Waals surface area contributed by atoms with Gasteiger partial charge in [0.2, 0.25) is 3.79 Å². The first-order chi connectivity index (χ1) is 6.77. The molecule has 4 nitrogen and oxygen atoms in total. The largest absolute Gasteiger partial charge is 0.447 e. The molecule has 0 unspecified atom stereocenters. The number of halogens is 3.